The van der Waals surface area contributed by atoms with Crippen LogP contribution in [0.5, 0.6) is 0 Å². The predicted molar refractivity (Wildman–Crippen MR) is 111 cm³/mol. The Morgan fingerprint density at radius 3 is 2.07 bits per heavy atom. The van der Waals surface area contributed by atoms with E-state index in [2.05, 4.69) is 10.6 Å². The Morgan fingerprint density at radius 2 is 1.59 bits per heavy atom. The molecule has 2 aromatic carbocycles. The minimum Gasteiger partial charge on any atom is -0.386 e. The number of hydrogen-bond acceptors (Lipinski definition) is 4. The fourth-order valence-corrected chi connectivity index (χ4v) is 2.77. The Bertz CT molecular complexity index is 817. The number of nitrogens with two attached hydrogens (primary N) is 1. The summed E-state index contributed by atoms with van der Waals surface area (Å²) in [6.07, 6.45) is -1.25. The highest BCUT2D eigenvalue weighted by Crippen LogP contribution is 2.24. The van der Waals surface area contributed by atoms with Crippen molar-refractivity contribution in [3.63, 3.8) is 0 Å². The number of alkyl halides is 3. The van der Waals surface area contributed by atoms with E-state index in [4.69, 9.17) is 28.9 Å². The van der Waals surface area contributed by atoms with Crippen molar-refractivity contribution in [2.24, 2.45) is 5.73 Å². The summed E-state index contributed by atoms with van der Waals surface area (Å²) in [5.41, 5.74) is 8.45. The third-order valence-electron chi connectivity index (χ3n) is 4.29. The summed E-state index contributed by atoms with van der Waals surface area (Å²) >= 11 is 10.9. The molecule has 9 heteroatoms. The first-order chi connectivity index (χ1) is 13.8. The van der Waals surface area contributed by atoms with Crippen molar-refractivity contribution in [3.8, 4) is 11.1 Å². The van der Waals surface area contributed by atoms with Gasteiger partial charge in [-0.15, -0.1) is 0 Å². The van der Waals surface area contributed by atoms with Crippen LogP contribution in [0.4, 0.5) is 4.39 Å². The fraction of sp³-hybridized carbons (Fsp3) is 0.300. The maximum absolute atomic E-state index is 13.2. The Morgan fingerprint density at radius 1 is 1.03 bits per heavy atom. The van der Waals surface area contributed by atoms with Crippen molar-refractivity contribution < 1.29 is 19.1 Å². The summed E-state index contributed by atoms with van der Waals surface area (Å²) in [7, 11) is 0. The highest BCUT2D eigenvalue weighted by atomic mass is 35.5. The van der Waals surface area contributed by atoms with Crippen molar-refractivity contribution in [2.75, 3.05) is 13.2 Å². The number of nitrogens with one attached hydrogen (secondary N) is 2. The normalized spacial score (nSPS) is 13.0. The van der Waals surface area contributed by atoms with Crippen molar-refractivity contribution in [1.82, 2.24) is 10.6 Å². The predicted octanol–water partition coefficient (Wildman–Crippen LogP) is 2.22. The number of aliphatic hydroxyl groups excluding tert-OH is 1. The molecule has 0 aliphatic rings. The van der Waals surface area contributed by atoms with Crippen molar-refractivity contribution in [1.29, 1.82) is 0 Å². The minimum atomic E-state index is -1.34. The summed E-state index contributed by atoms with van der Waals surface area (Å²) < 4.78 is 13.2. The number of amides is 2. The second-order valence-electron chi connectivity index (χ2n) is 6.31. The van der Waals surface area contributed by atoms with Crippen LogP contribution < -0.4 is 16.4 Å². The van der Waals surface area contributed by atoms with Crippen molar-refractivity contribution in [3.05, 3.63) is 59.7 Å². The standard InChI is InChI=1S/C20H22Cl2FN3O3/c21-19(22)20(29)26-16(9-23)18(28)15-7-5-14(6-8-15)13-3-1-12(2-4-13)11-25-17(27)10-24/h1-8,16,18-19,28H,9-11,24H2,(H,25,27)(H,26,29). The Kier molecular flexibility index (Phi) is 8.85. The van der Waals surface area contributed by atoms with E-state index in [1.165, 1.54) is 0 Å². The van der Waals surface area contributed by atoms with E-state index in [0.717, 1.165) is 16.7 Å². The van der Waals surface area contributed by atoms with Crippen LogP contribution in [-0.2, 0) is 16.1 Å². The number of rotatable bonds is 9. The molecule has 156 valence electrons. The molecule has 2 atom stereocenters. The molecule has 2 amide bonds. The molecular formula is C20H22Cl2FN3O3. The molecule has 0 heterocycles. The van der Waals surface area contributed by atoms with Gasteiger partial charge in [-0.25, -0.2) is 4.39 Å². The zero-order chi connectivity index (χ0) is 21.4. The van der Waals surface area contributed by atoms with Gasteiger partial charge in [0.05, 0.1) is 12.6 Å². The summed E-state index contributed by atoms with van der Waals surface area (Å²) in [4.78, 5) is 21.4. The molecule has 2 rings (SSSR count). The van der Waals surface area contributed by atoms with Crippen molar-refractivity contribution in [2.45, 2.75) is 23.5 Å². The Balaban J connectivity index is 2.05. The molecule has 0 radical (unpaired) electrons. The molecule has 0 saturated carbocycles. The lowest BCUT2D eigenvalue weighted by Crippen LogP contribution is -2.43. The van der Waals surface area contributed by atoms with Gasteiger partial charge in [-0.1, -0.05) is 71.7 Å². The zero-order valence-electron chi connectivity index (χ0n) is 15.4. The van der Waals surface area contributed by atoms with Gasteiger partial charge in [-0.2, -0.15) is 0 Å². The third kappa shape index (κ3) is 6.68. The van der Waals surface area contributed by atoms with Crippen LogP contribution in [0.15, 0.2) is 48.5 Å². The highest BCUT2D eigenvalue weighted by Gasteiger charge is 2.25. The first kappa shape index (κ1) is 23.1. The molecule has 0 aliphatic heterocycles. The fourth-order valence-electron chi connectivity index (χ4n) is 2.64. The molecule has 0 aromatic heterocycles. The van der Waals surface area contributed by atoms with Crippen LogP contribution >= 0.6 is 23.2 Å². The molecule has 0 bridgehead atoms. The number of halogens is 3. The topological polar surface area (TPSA) is 104 Å². The minimum absolute atomic E-state index is 0.0540. The third-order valence-corrected chi connectivity index (χ3v) is 4.68. The van der Waals surface area contributed by atoms with Crippen LogP contribution in [-0.4, -0.2) is 41.0 Å². The lowest BCUT2D eigenvalue weighted by atomic mass is 9.98. The maximum Gasteiger partial charge on any atom is 0.253 e. The number of hydrogen-bond donors (Lipinski definition) is 4. The van der Waals surface area contributed by atoms with Crippen LogP contribution in [0, 0.1) is 0 Å². The van der Waals surface area contributed by atoms with E-state index in [9.17, 15) is 19.1 Å². The Hall–Kier alpha value is -2.19. The smallest absolute Gasteiger partial charge is 0.253 e. The van der Waals surface area contributed by atoms with Crippen LogP contribution in [0.1, 0.15) is 17.2 Å². The van der Waals surface area contributed by atoms with Gasteiger partial charge in [0.25, 0.3) is 5.91 Å². The molecule has 0 saturated heterocycles. The van der Waals surface area contributed by atoms with Gasteiger partial charge in [0.2, 0.25) is 5.91 Å². The molecule has 5 N–H and O–H groups in total. The zero-order valence-corrected chi connectivity index (χ0v) is 17.0. The number of carbonyl (C=O) groups is 2. The monoisotopic (exact) mass is 441 g/mol. The summed E-state index contributed by atoms with van der Waals surface area (Å²) in [6, 6.07) is 13.3. The molecule has 29 heavy (non-hydrogen) atoms. The van der Waals surface area contributed by atoms with E-state index >= 15 is 0 Å². The van der Waals surface area contributed by atoms with Gasteiger partial charge in [0, 0.05) is 6.54 Å². The first-order valence-corrected chi connectivity index (χ1v) is 9.71. The maximum atomic E-state index is 13.2. The largest absolute Gasteiger partial charge is 0.386 e. The lowest BCUT2D eigenvalue weighted by molar-refractivity contribution is -0.121. The summed E-state index contributed by atoms with van der Waals surface area (Å²) in [5, 5.41) is 15.3. The van der Waals surface area contributed by atoms with Gasteiger partial charge in [0.15, 0.2) is 4.84 Å². The van der Waals surface area contributed by atoms with E-state index in [1.54, 1.807) is 24.3 Å². The molecule has 0 spiro atoms. The number of aliphatic hydroxyl groups is 1. The second-order valence-corrected chi connectivity index (χ2v) is 7.41. The quantitative estimate of drug-likeness (QED) is 0.447. The van der Waals surface area contributed by atoms with Crippen molar-refractivity contribution >= 4 is 35.0 Å². The molecule has 0 fully saturated rings. The molecular weight excluding hydrogens is 420 g/mol. The molecule has 2 aromatic rings. The van der Waals surface area contributed by atoms with E-state index in [0.29, 0.717) is 12.1 Å². The molecule has 6 nitrogen and oxygen atoms in total. The highest BCUT2D eigenvalue weighted by molar-refractivity contribution is 6.53. The van der Waals surface area contributed by atoms with Crippen LogP contribution in [0.3, 0.4) is 0 Å². The SMILES string of the molecule is NCC(=O)NCc1ccc(-c2ccc(C(O)C(CF)NC(=O)C(Cl)Cl)cc2)cc1. The average Bonchev–Trinajstić information content (AvgIpc) is 2.75. The van der Waals surface area contributed by atoms with Crippen LogP contribution in [0.25, 0.3) is 11.1 Å². The first-order valence-electron chi connectivity index (χ1n) is 8.84. The van der Waals surface area contributed by atoms with Gasteiger partial charge in [-0.3, -0.25) is 9.59 Å². The van der Waals surface area contributed by atoms with Gasteiger partial charge >= 0.3 is 0 Å². The van der Waals surface area contributed by atoms with Gasteiger partial charge in [-0.05, 0) is 22.3 Å². The lowest BCUT2D eigenvalue weighted by Gasteiger charge is -2.22. The average molecular weight is 442 g/mol. The summed E-state index contributed by atoms with van der Waals surface area (Å²) in [5.74, 6) is -0.993. The number of benzene rings is 2. The van der Waals surface area contributed by atoms with E-state index in [1.807, 2.05) is 24.3 Å². The van der Waals surface area contributed by atoms with Crippen LogP contribution in [0.2, 0.25) is 0 Å². The molecule has 2 unspecified atom stereocenters. The van der Waals surface area contributed by atoms with E-state index < -0.39 is 29.6 Å². The summed E-state index contributed by atoms with van der Waals surface area (Å²) in [6.45, 7) is -0.637. The van der Waals surface area contributed by atoms with E-state index in [-0.39, 0.29) is 12.5 Å². The van der Waals surface area contributed by atoms with Gasteiger partial charge < -0.3 is 21.5 Å². The molecule has 0 aliphatic carbocycles. The second kappa shape index (κ2) is 11.1. The Labute approximate surface area is 178 Å². The van der Waals surface area contributed by atoms with Gasteiger partial charge in [0.1, 0.15) is 12.8 Å². The number of carbonyl (C=O) groups excluding carboxylic acids is 2.